The van der Waals surface area contributed by atoms with Crippen molar-refractivity contribution in [3.63, 3.8) is 0 Å². The molecule has 0 radical (unpaired) electrons. The number of amides is 2. The predicted octanol–water partition coefficient (Wildman–Crippen LogP) is 5.37. The molecular weight excluding hydrogens is 445 g/mol. The summed E-state index contributed by atoms with van der Waals surface area (Å²) in [6, 6.07) is 12.1. The van der Waals surface area contributed by atoms with Gasteiger partial charge in [-0.3, -0.25) is 14.5 Å². The molecule has 1 atom stereocenters. The molecule has 2 aromatic carbocycles. The van der Waals surface area contributed by atoms with Gasteiger partial charge < -0.3 is 10.1 Å². The number of benzene rings is 2. The van der Waals surface area contributed by atoms with Crippen LogP contribution in [-0.2, 0) is 9.59 Å². The van der Waals surface area contributed by atoms with Crippen molar-refractivity contribution in [2.75, 3.05) is 18.5 Å². The SMILES string of the molecule is CCOc1ccc(NC(=O)C2CC(=O)N(CC)C(=Nc3ccc(Cl)c(Cl)c3)S2)cc1. The smallest absolute Gasteiger partial charge is 0.238 e. The van der Waals surface area contributed by atoms with Gasteiger partial charge in [-0.15, -0.1) is 0 Å². The quantitative estimate of drug-likeness (QED) is 0.621. The Hall–Kier alpha value is -2.22. The van der Waals surface area contributed by atoms with Gasteiger partial charge in [-0.05, 0) is 56.3 Å². The fourth-order valence-electron chi connectivity index (χ4n) is 2.84. The summed E-state index contributed by atoms with van der Waals surface area (Å²) in [6.45, 7) is 4.80. The van der Waals surface area contributed by atoms with E-state index in [1.165, 1.54) is 11.8 Å². The van der Waals surface area contributed by atoms with Gasteiger partial charge in [0.2, 0.25) is 11.8 Å². The number of aliphatic imine (C=N–C) groups is 1. The van der Waals surface area contributed by atoms with Crippen LogP contribution in [0.25, 0.3) is 0 Å². The van der Waals surface area contributed by atoms with Gasteiger partial charge in [0.15, 0.2) is 5.17 Å². The normalized spacial score (nSPS) is 17.9. The number of nitrogens with one attached hydrogen (secondary N) is 1. The van der Waals surface area contributed by atoms with Gasteiger partial charge in [-0.25, -0.2) is 4.99 Å². The van der Waals surface area contributed by atoms with Crippen LogP contribution in [0.4, 0.5) is 11.4 Å². The third-order valence-corrected chi connectivity index (χ3v) is 6.24. The highest BCUT2D eigenvalue weighted by molar-refractivity contribution is 8.15. The summed E-state index contributed by atoms with van der Waals surface area (Å²) in [5.74, 6) is 0.323. The van der Waals surface area contributed by atoms with Crippen LogP contribution in [0.5, 0.6) is 5.75 Å². The minimum atomic E-state index is -0.589. The van der Waals surface area contributed by atoms with E-state index in [1.54, 1.807) is 47.4 Å². The van der Waals surface area contributed by atoms with E-state index in [0.717, 1.165) is 5.75 Å². The lowest BCUT2D eigenvalue weighted by molar-refractivity contribution is -0.129. The zero-order valence-corrected chi connectivity index (χ0v) is 18.9. The number of hydrogen-bond donors (Lipinski definition) is 1. The molecule has 1 N–H and O–H groups in total. The average molecular weight is 466 g/mol. The largest absolute Gasteiger partial charge is 0.494 e. The first-order valence-electron chi connectivity index (χ1n) is 9.45. The minimum absolute atomic E-state index is 0.0990. The lowest BCUT2D eigenvalue weighted by Crippen LogP contribution is -2.45. The summed E-state index contributed by atoms with van der Waals surface area (Å²) in [7, 11) is 0. The number of anilines is 1. The zero-order valence-electron chi connectivity index (χ0n) is 16.5. The summed E-state index contributed by atoms with van der Waals surface area (Å²) in [4.78, 5) is 31.5. The molecule has 0 saturated carbocycles. The first-order chi connectivity index (χ1) is 14.4. The Balaban J connectivity index is 1.77. The maximum Gasteiger partial charge on any atom is 0.238 e. The van der Waals surface area contributed by atoms with Crippen molar-refractivity contribution in [1.29, 1.82) is 0 Å². The molecule has 3 rings (SSSR count). The lowest BCUT2D eigenvalue weighted by Gasteiger charge is -2.30. The molecule has 2 amide bonds. The first-order valence-corrected chi connectivity index (χ1v) is 11.1. The monoisotopic (exact) mass is 465 g/mol. The molecule has 158 valence electrons. The Labute approximate surface area is 189 Å². The maximum absolute atomic E-state index is 12.8. The standard InChI is InChI=1S/C21H21Cl2N3O3S/c1-3-26-19(27)12-18(20(28)24-13-5-8-15(9-6-13)29-4-2)30-21(26)25-14-7-10-16(22)17(23)11-14/h5-11,18H,3-4,12H2,1-2H3,(H,24,28). The van der Waals surface area contributed by atoms with Crippen LogP contribution in [0.15, 0.2) is 47.5 Å². The van der Waals surface area contributed by atoms with Gasteiger partial charge in [0.1, 0.15) is 11.0 Å². The molecule has 1 unspecified atom stereocenters. The van der Waals surface area contributed by atoms with E-state index in [0.29, 0.717) is 39.7 Å². The van der Waals surface area contributed by atoms with Crippen LogP contribution in [0.2, 0.25) is 10.0 Å². The van der Waals surface area contributed by atoms with Gasteiger partial charge in [0, 0.05) is 18.7 Å². The number of carbonyl (C=O) groups excluding carboxylic acids is 2. The summed E-state index contributed by atoms with van der Waals surface area (Å²) >= 11 is 13.3. The number of nitrogens with zero attached hydrogens (tertiary/aromatic N) is 2. The third-order valence-electron chi connectivity index (χ3n) is 4.31. The molecule has 2 aromatic rings. The van der Waals surface area contributed by atoms with Crippen LogP contribution in [0.3, 0.4) is 0 Å². The second-order valence-electron chi connectivity index (χ2n) is 6.39. The van der Waals surface area contributed by atoms with Crippen molar-refractivity contribution in [2.24, 2.45) is 4.99 Å². The number of amidine groups is 1. The molecule has 0 aliphatic carbocycles. The molecule has 1 aliphatic heterocycles. The summed E-state index contributed by atoms with van der Waals surface area (Å²) < 4.78 is 5.41. The number of carbonyl (C=O) groups is 2. The number of hydrogen-bond acceptors (Lipinski definition) is 5. The van der Waals surface area contributed by atoms with Gasteiger partial charge in [0.25, 0.3) is 0 Å². The number of thioether (sulfide) groups is 1. The van der Waals surface area contributed by atoms with E-state index in [2.05, 4.69) is 10.3 Å². The summed E-state index contributed by atoms with van der Waals surface area (Å²) in [5.41, 5.74) is 1.20. The highest BCUT2D eigenvalue weighted by Gasteiger charge is 2.35. The molecule has 0 aromatic heterocycles. The summed E-state index contributed by atoms with van der Waals surface area (Å²) in [5, 5.41) is 3.52. The number of rotatable bonds is 6. The van der Waals surface area contributed by atoms with Crippen LogP contribution in [0.1, 0.15) is 20.3 Å². The van der Waals surface area contributed by atoms with Crippen LogP contribution < -0.4 is 10.1 Å². The van der Waals surface area contributed by atoms with Crippen molar-refractivity contribution in [3.05, 3.63) is 52.5 Å². The molecule has 0 bridgehead atoms. The molecule has 0 spiro atoms. The second kappa shape index (κ2) is 10.2. The molecule has 1 aliphatic rings. The molecule has 30 heavy (non-hydrogen) atoms. The van der Waals surface area contributed by atoms with Crippen molar-refractivity contribution in [1.82, 2.24) is 4.90 Å². The first kappa shape index (κ1) is 22.5. The van der Waals surface area contributed by atoms with Crippen LogP contribution in [0, 0.1) is 0 Å². The Morgan fingerprint density at radius 1 is 1.20 bits per heavy atom. The molecule has 9 heteroatoms. The van der Waals surface area contributed by atoms with Gasteiger partial charge >= 0.3 is 0 Å². The Kier molecular flexibility index (Phi) is 7.64. The summed E-state index contributed by atoms with van der Waals surface area (Å²) in [6.07, 6.45) is 0.0990. The number of ether oxygens (including phenoxy) is 1. The molecule has 1 heterocycles. The van der Waals surface area contributed by atoms with Crippen molar-refractivity contribution >= 4 is 63.3 Å². The Morgan fingerprint density at radius 2 is 1.93 bits per heavy atom. The van der Waals surface area contributed by atoms with Crippen molar-refractivity contribution in [3.8, 4) is 5.75 Å². The van der Waals surface area contributed by atoms with E-state index in [9.17, 15) is 9.59 Å². The zero-order chi connectivity index (χ0) is 21.7. The van der Waals surface area contributed by atoms with Gasteiger partial charge in [-0.1, -0.05) is 35.0 Å². The minimum Gasteiger partial charge on any atom is -0.494 e. The second-order valence-corrected chi connectivity index (χ2v) is 8.37. The van der Waals surface area contributed by atoms with E-state index >= 15 is 0 Å². The third kappa shape index (κ3) is 5.47. The molecular formula is C21H21Cl2N3O3S. The van der Waals surface area contributed by atoms with E-state index < -0.39 is 5.25 Å². The van der Waals surface area contributed by atoms with E-state index in [-0.39, 0.29) is 18.2 Å². The molecule has 1 saturated heterocycles. The predicted molar refractivity (Wildman–Crippen MR) is 123 cm³/mol. The van der Waals surface area contributed by atoms with Gasteiger partial charge in [-0.2, -0.15) is 0 Å². The molecule has 1 fully saturated rings. The van der Waals surface area contributed by atoms with Crippen molar-refractivity contribution < 1.29 is 14.3 Å². The van der Waals surface area contributed by atoms with Crippen molar-refractivity contribution in [2.45, 2.75) is 25.5 Å². The topological polar surface area (TPSA) is 71.0 Å². The fraction of sp³-hybridized carbons (Fsp3) is 0.286. The van der Waals surface area contributed by atoms with E-state index in [1.807, 2.05) is 13.8 Å². The van der Waals surface area contributed by atoms with Gasteiger partial charge in [0.05, 0.1) is 22.3 Å². The molecule has 6 nitrogen and oxygen atoms in total. The average Bonchev–Trinajstić information content (AvgIpc) is 2.72. The van der Waals surface area contributed by atoms with Crippen LogP contribution >= 0.6 is 35.0 Å². The highest BCUT2D eigenvalue weighted by atomic mass is 35.5. The fourth-order valence-corrected chi connectivity index (χ4v) is 4.30. The number of halogens is 2. The van der Waals surface area contributed by atoms with E-state index in [4.69, 9.17) is 27.9 Å². The Morgan fingerprint density at radius 3 is 2.57 bits per heavy atom. The highest BCUT2D eigenvalue weighted by Crippen LogP contribution is 2.32. The lowest BCUT2D eigenvalue weighted by atomic mass is 10.2. The van der Waals surface area contributed by atoms with Crippen LogP contribution in [-0.4, -0.2) is 40.3 Å². The maximum atomic E-state index is 12.8. The Bertz CT molecular complexity index is 966.